The van der Waals surface area contributed by atoms with Crippen LogP contribution >= 0.6 is 35.1 Å². The summed E-state index contributed by atoms with van der Waals surface area (Å²) in [4.78, 5) is 0. The topological polar surface area (TPSA) is 0 Å². The summed E-state index contributed by atoms with van der Waals surface area (Å²) in [6, 6.07) is 8.49. The van der Waals surface area contributed by atoms with Gasteiger partial charge in [0.05, 0.1) is 0 Å². The number of benzene rings is 1. The van der Waals surface area contributed by atoms with Crippen LogP contribution in [0.1, 0.15) is 23.7 Å². The van der Waals surface area contributed by atoms with Crippen molar-refractivity contribution in [2.24, 2.45) is 5.92 Å². The Balaban J connectivity index is 1.85. The summed E-state index contributed by atoms with van der Waals surface area (Å²) < 4.78 is 0. The number of hydrogen-bond donors (Lipinski definition) is 0. The highest BCUT2D eigenvalue weighted by Gasteiger charge is 2.38. The molecule has 86 valence electrons. The molecule has 0 bridgehead atoms. The third-order valence-corrected chi connectivity index (χ3v) is 6.74. The molecule has 0 spiro atoms. The first kappa shape index (κ1) is 11.3. The van der Waals surface area contributed by atoms with Crippen LogP contribution in [-0.2, 0) is 0 Å². The highest BCUT2D eigenvalue weighted by molar-refractivity contribution is 8.01. The van der Waals surface area contributed by atoms with Crippen LogP contribution < -0.4 is 0 Å². The Morgan fingerprint density at radius 2 is 1.75 bits per heavy atom. The molecule has 3 heteroatoms. The predicted molar refractivity (Wildman–Crippen MR) is 75.6 cm³/mol. The van der Waals surface area contributed by atoms with Gasteiger partial charge in [-0.15, -0.1) is 0 Å². The zero-order valence-electron chi connectivity index (χ0n) is 9.06. The van der Waals surface area contributed by atoms with Crippen molar-refractivity contribution in [2.75, 3.05) is 11.5 Å². The molecule has 1 aromatic rings. The molecule has 3 rings (SSSR count). The summed E-state index contributed by atoms with van der Waals surface area (Å²) in [7, 11) is 0. The van der Waals surface area contributed by atoms with E-state index in [9.17, 15) is 0 Å². The van der Waals surface area contributed by atoms with Crippen molar-refractivity contribution in [1.82, 2.24) is 0 Å². The van der Waals surface area contributed by atoms with Gasteiger partial charge in [0.2, 0.25) is 0 Å². The molecule has 0 N–H and O–H groups in total. The molecule has 0 nitrogen and oxygen atoms in total. The van der Waals surface area contributed by atoms with E-state index in [0.29, 0.717) is 5.25 Å². The molecular formula is C13H15ClS2. The van der Waals surface area contributed by atoms with Crippen LogP contribution in [0.25, 0.3) is 0 Å². The highest BCUT2D eigenvalue weighted by Crippen LogP contribution is 2.52. The minimum absolute atomic E-state index is 0.714. The third-order valence-electron chi connectivity index (χ3n) is 3.55. The van der Waals surface area contributed by atoms with Gasteiger partial charge in [0.25, 0.3) is 0 Å². The SMILES string of the molecule is Clc1ccc([C@@H]2SCC[C@@H]3SCC[C@H]32)cc1. The number of thioether (sulfide) groups is 2. The second-order valence-corrected chi connectivity index (χ2v) is 7.53. The highest BCUT2D eigenvalue weighted by atomic mass is 35.5. The Labute approximate surface area is 111 Å². The summed E-state index contributed by atoms with van der Waals surface area (Å²) in [5.74, 6) is 3.58. The van der Waals surface area contributed by atoms with Gasteiger partial charge in [-0.05, 0) is 48.0 Å². The Hall–Kier alpha value is 0.210. The monoisotopic (exact) mass is 270 g/mol. The second-order valence-electron chi connectivity index (χ2n) is 4.49. The van der Waals surface area contributed by atoms with Crippen LogP contribution in [0.3, 0.4) is 0 Å². The second kappa shape index (κ2) is 4.83. The average molecular weight is 271 g/mol. The first-order chi connectivity index (χ1) is 7.84. The molecule has 1 aromatic carbocycles. The van der Waals surface area contributed by atoms with Crippen molar-refractivity contribution in [3.05, 3.63) is 34.9 Å². The fourth-order valence-corrected chi connectivity index (χ4v) is 6.22. The normalized spacial score (nSPS) is 33.7. The van der Waals surface area contributed by atoms with Crippen LogP contribution in [0, 0.1) is 5.92 Å². The van der Waals surface area contributed by atoms with E-state index < -0.39 is 0 Å². The van der Waals surface area contributed by atoms with Gasteiger partial charge in [-0.2, -0.15) is 23.5 Å². The summed E-state index contributed by atoms with van der Waals surface area (Å²) in [6.07, 6.45) is 2.81. The molecule has 2 fully saturated rings. The quantitative estimate of drug-likeness (QED) is 0.729. The molecule has 0 radical (unpaired) electrons. The zero-order valence-corrected chi connectivity index (χ0v) is 11.5. The van der Waals surface area contributed by atoms with Crippen LogP contribution in [0.15, 0.2) is 24.3 Å². The van der Waals surface area contributed by atoms with E-state index in [0.717, 1.165) is 16.2 Å². The molecule has 2 saturated heterocycles. The molecule has 0 aliphatic carbocycles. The number of fused-ring (bicyclic) bond motifs is 1. The maximum Gasteiger partial charge on any atom is 0.0406 e. The fraction of sp³-hybridized carbons (Fsp3) is 0.538. The van der Waals surface area contributed by atoms with Gasteiger partial charge in [0, 0.05) is 15.5 Å². The summed E-state index contributed by atoms with van der Waals surface area (Å²) in [6.45, 7) is 0. The standard InChI is InChI=1S/C13H15ClS2/c14-10-3-1-9(2-4-10)13-11-5-7-15-12(11)6-8-16-13/h1-4,11-13H,5-8H2/t11-,12+,13+/m1/s1. The fourth-order valence-electron chi connectivity index (χ4n) is 2.74. The molecule has 3 atom stereocenters. The lowest BCUT2D eigenvalue weighted by atomic mass is 9.91. The lowest BCUT2D eigenvalue weighted by Gasteiger charge is -2.33. The van der Waals surface area contributed by atoms with E-state index in [-0.39, 0.29) is 0 Å². The Morgan fingerprint density at radius 1 is 1.00 bits per heavy atom. The van der Waals surface area contributed by atoms with E-state index in [1.807, 2.05) is 12.1 Å². The number of hydrogen-bond acceptors (Lipinski definition) is 2. The first-order valence-corrected chi connectivity index (χ1v) is 8.31. The molecular weight excluding hydrogens is 256 g/mol. The summed E-state index contributed by atoms with van der Waals surface area (Å²) >= 11 is 10.3. The lowest BCUT2D eigenvalue weighted by molar-refractivity contribution is 0.480. The van der Waals surface area contributed by atoms with Gasteiger partial charge in [0.1, 0.15) is 0 Å². The minimum Gasteiger partial charge on any atom is -0.158 e. The molecule has 2 aliphatic heterocycles. The molecule has 16 heavy (non-hydrogen) atoms. The minimum atomic E-state index is 0.714. The van der Waals surface area contributed by atoms with E-state index in [1.54, 1.807) is 0 Å². The van der Waals surface area contributed by atoms with Crippen molar-refractivity contribution in [3.8, 4) is 0 Å². The van der Waals surface area contributed by atoms with Crippen LogP contribution in [-0.4, -0.2) is 16.8 Å². The van der Waals surface area contributed by atoms with Gasteiger partial charge in [0.15, 0.2) is 0 Å². The Morgan fingerprint density at radius 3 is 2.56 bits per heavy atom. The average Bonchev–Trinajstić information content (AvgIpc) is 2.78. The molecule has 0 aromatic heterocycles. The van der Waals surface area contributed by atoms with Gasteiger partial charge in [-0.25, -0.2) is 0 Å². The lowest BCUT2D eigenvalue weighted by Crippen LogP contribution is -2.24. The van der Waals surface area contributed by atoms with Crippen molar-refractivity contribution in [3.63, 3.8) is 0 Å². The van der Waals surface area contributed by atoms with Gasteiger partial charge in [-0.1, -0.05) is 23.7 Å². The molecule has 0 unspecified atom stereocenters. The van der Waals surface area contributed by atoms with Gasteiger partial charge in [-0.3, -0.25) is 0 Å². The molecule has 2 aliphatic rings. The number of halogens is 1. The van der Waals surface area contributed by atoms with E-state index in [1.165, 1.54) is 29.9 Å². The number of rotatable bonds is 1. The van der Waals surface area contributed by atoms with Crippen LogP contribution in [0.5, 0.6) is 0 Å². The van der Waals surface area contributed by atoms with Crippen LogP contribution in [0.4, 0.5) is 0 Å². The van der Waals surface area contributed by atoms with Crippen molar-refractivity contribution < 1.29 is 0 Å². The first-order valence-electron chi connectivity index (χ1n) is 5.83. The zero-order chi connectivity index (χ0) is 11.0. The van der Waals surface area contributed by atoms with Crippen molar-refractivity contribution >= 4 is 35.1 Å². The summed E-state index contributed by atoms with van der Waals surface area (Å²) in [5.41, 5.74) is 1.48. The largest absolute Gasteiger partial charge is 0.158 e. The van der Waals surface area contributed by atoms with E-state index in [4.69, 9.17) is 11.6 Å². The predicted octanol–water partition coefficient (Wildman–Crippen LogP) is 4.64. The Bertz CT molecular complexity index is 363. The molecule has 0 saturated carbocycles. The van der Waals surface area contributed by atoms with Gasteiger partial charge < -0.3 is 0 Å². The van der Waals surface area contributed by atoms with Crippen molar-refractivity contribution in [1.29, 1.82) is 0 Å². The van der Waals surface area contributed by atoms with E-state index in [2.05, 4.69) is 35.7 Å². The Kier molecular flexibility index (Phi) is 3.42. The van der Waals surface area contributed by atoms with Crippen molar-refractivity contribution in [2.45, 2.75) is 23.3 Å². The maximum atomic E-state index is 5.95. The third kappa shape index (κ3) is 2.12. The summed E-state index contributed by atoms with van der Waals surface area (Å²) in [5, 5.41) is 2.48. The maximum absolute atomic E-state index is 5.95. The molecule has 2 heterocycles. The van der Waals surface area contributed by atoms with E-state index >= 15 is 0 Å². The molecule has 0 amide bonds. The van der Waals surface area contributed by atoms with Crippen LogP contribution in [0.2, 0.25) is 5.02 Å². The van der Waals surface area contributed by atoms with Gasteiger partial charge >= 0.3 is 0 Å². The smallest absolute Gasteiger partial charge is 0.0406 e.